The monoisotopic (exact) mass is 275 g/mol. The fourth-order valence-corrected chi connectivity index (χ4v) is 2.17. The van der Waals surface area contributed by atoms with Crippen molar-refractivity contribution in [2.24, 2.45) is 0 Å². The summed E-state index contributed by atoms with van der Waals surface area (Å²) in [6.45, 7) is 6.55. The maximum absolute atomic E-state index is 13.5. The predicted octanol–water partition coefficient (Wildman–Crippen LogP) is 4.44. The van der Waals surface area contributed by atoms with Crippen molar-refractivity contribution < 1.29 is 8.78 Å². The van der Waals surface area contributed by atoms with E-state index in [4.69, 9.17) is 0 Å². The van der Waals surface area contributed by atoms with Gasteiger partial charge in [-0.3, -0.25) is 0 Å². The molecule has 0 spiro atoms. The van der Waals surface area contributed by atoms with E-state index in [0.717, 1.165) is 22.3 Å². The van der Waals surface area contributed by atoms with Crippen molar-refractivity contribution in [1.82, 2.24) is 5.32 Å². The number of hydrogen-bond acceptors (Lipinski definition) is 1. The zero-order chi connectivity index (χ0) is 14.7. The molecule has 0 unspecified atom stereocenters. The SMILES string of the molecule is Cc1ccc(F)cc1-c1ccc(F)cc1CNC(C)C. The van der Waals surface area contributed by atoms with Crippen molar-refractivity contribution in [3.63, 3.8) is 0 Å². The Hall–Kier alpha value is -1.74. The molecule has 0 aromatic heterocycles. The van der Waals surface area contributed by atoms with E-state index in [0.29, 0.717) is 12.6 Å². The first kappa shape index (κ1) is 14.7. The molecule has 0 aliphatic carbocycles. The van der Waals surface area contributed by atoms with E-state index in [-0.39, 0.29) is 11.6 Å². The van der Waals surface area contributed by atoms with Crippen molar-refractivity contribution in [2.75, 3.05) is 0 Å². The van der Waals surface area contributed by atoms with Crippen molar-refractivity contribution in [1.29, 1.82) is 0 Å². The molecule has 0 aliphatic rings. The highest BCUT2D eigenvalue weighted by molar-refractivity contribution is 5.70. The molecule has 0 atom stereocenters. The van der Waals surface area contributed by atoms with Crippen LogP contribution in [0.1, 0.15) is 25.0 Å². The molecule has 0 aliphatic heterocycles. The van der Waals surface area contributed by atoms with Gasteiger partial charge in [0.2, 0.25) is 0 Å². The summed E-state index contributed by atoms with van der Waals surface area (Å²) in [6.07, 6.45) is 0. The van der Waals surface area contributed by atoms with Crippen LogP contribution in [0.4, 0.5) is 8.78 Å². The molecular weight excluding hydrogens is 256 g/mol. The summed E-state index contributed by atoms with van der Waals surface area (Å²) >= 11 is 0. The summed E-state index contributed by atoms with van der Waals surface area (Å²) in [5.74, 6) is -0.555. The summed E-state index contributed by atoms with van der Waals surface area (Å²) in [6, 6.07) is 9.63. The molecule has 20 heavy (non-hydrogen) atoms. The maximum Gasteiger partial charge on any atom is 0.123 e. The topological polar surface area (TPSA) is 12.0 Å². The Morgan fingerprint density at radius 2 is 1.60 bits per heavy atom. The second kappa shape index (κ2) is 6.14. The molecule has 1 nitrogen and oxygen atoms in total. The lowest BCUT2D eigenvalue weighted by atomic mass is 9.95. The molecule has 0 radical (unpaired) electrons. The van der Waals surface area contributed by atoms with E-state index < -0.39 is 0 Å². The van der Waals surface area contributed by atoms with Crippen LogP contribution in [0, 0.1) is 18.6 Å². The average molecular weight is 275 g/mol. The highest BCUT2D eigenvalue weighted by atomic mass is 19.1. The quantitative estimate of drug-likeness (QED) is 0.870. The summed E-state index contributed by atoms with van der Waals surface area (Å²) in [5.41, 5.74) is 3.50. The van der Waals surface area contributed by atoms with Crippen LogP contribution in [0.2, 0.25) is 0 Å². The summed E-state index contributed by atoms with van der Waals surface area (Å²) in [7, 11) is 0. The highest BCUT2D eigenvalue weighted by Gasteiger charge is 2.10. The summed E-state index contributed by atoms with van der Waals surface area (Å²) < 4.78 is 26.9. The molecule has 0 heterocycles. The number of nitrogens with one attached hydrogen (secondary N) is 1. The van der Waals surface area contributed by atoms with Gasteiger partial charge in [0.25, 0.3) is 0 Å². The van der Waals surface area contributed by atoms with Crippen LogP contribution in [0.15, 0.2) is 36.4 Å². The minimum Gasteiger partial charge on any atom is -0.310 e. The number of benzene rings is 2. The molecule has 106 valence electrons. The minimum absolute atomic E-state index is 0.275. The molecule has 2 aromatic rings. The number of halogens is 2. The Bertz CT molecular complexity index is 606. The minimum atomic E-state index is -0.280. The smallest absolute Gasteiger partial charge is 0.123 e. The van der Waals surface area contributed by atoms with Crippen LogP contribution in [0.5, 0.6) is 0 Å². The van der Waals surface area contributed by atoms with Crippen LogP contribution < -0.4 is 5.32 Å². The second-order valence-corrected chi connectivity index (χ2v) is 5.30. The Morgan fingerprint density at radius 1 is 0.950 bits per heavy atom. The van der Waals surface area contributed by atoms with E-state index in [2.05, 4.69) is 5.32 Å². The number of rotatable bonds is 4. The Kier molecular flexibility index (Phi) is 4.50. The molecule has 2 rings (SSSR count). The van der Waals surface area contributed by atoms with Crippen molar-refractivity contribution in [2.45, 2.75) is 33.4 Å². The lowest BCUT2D eigenvalue weighted by Crippen LogP contribution is -2.22. The fourth-order valence-electron chi connectivity index (χ4n) is 2.17. The number of aryl methyl sites for hydroxylation is 1. The lowest BCUT2D eigenvalue weighted by Gasteiger charge is -2.15. The van der Waals surface area contributed by atoms with Crippen LogP contribution in [-0.2, 0) is 6.54 Å². The fraction of sp³-hybridized carbons (Fsp3) is 0.294. The van der Waals surface area contributed by atoms with Gasteiger partial charge in [0.05, 0.1) is 0 Å². The van der Waals surface area contributed by atoms with Gasteiger partial charge in [0.1, 0.15) is 11.6 Å². The molecular formula is C17H19F2N. The molecule has 1 N–H and O–H groups in total. The van der Waals surface area contributed by atoms with Gasteiger partial charge in [-0.1, -0.05) is 26.0 Å². The third kappa shape index (κ3) is 3.42. The van der Waals surface area contributed by atoms with Gasteiger partial charge in [-0.2, -0.15) is 0 Å². The Balaban J connectivity index is 2.47. The van der Waals surface area contributed by atoms with Crippen LogP contribution in [0.25, 0.3) is 11.1 Å². The van der Waals surface area contributed by atoms with Gasteiger partial charge < -0.3 is 5.32 Å². The van der Waals surface area contributed by atoms with Gasteiger partial charge in [-0.05, 0) is 53.4 Å². The molecule has 0 amide bonds. The third-order valence-corrected chi connectivity index (χ3v) is 3.26. The zero-order valence-electron chi connectivity index (χ0n) is 12.0. The van der Waals surface area contributed by atoms with E-state index in [1.165, 1.54) is 24.3 Å². The van der Waals surface area contributed by atoms with Crippen LogP contribution >= 0.6 is 0 Å². The average Bonchev–Trinajstić information content (AvgIpc) is 2.39. The van der Waals surface area contributed by atoms with E-state index in [1.54, 1.807) is 12.1 Å². The Morgan fingerprint density at radius 3 is 2.30 bits per heavy atom. The molecule has 0 saturated carbocycles. The molecule has 0 fully saturated rings. The normalized spacial score (nSPS) is 11.1. The molecule has 0 bridgehead atoms. The van der Waals surface area contributed by atoms with Gasteiger partial charge in [-0.25, -0.2) is 8.78 Å². The van der Waals surface area contributed by atoms with Gasteiger partial charge in [-0.15, -0.1) is 0 Å². The highest BCUT2D eigenvalue weighted by Crippen LogP contribution is 2.28. The van der Waals surface area contributed by atoms with Gasteiger partial charge in [0, 0.05) is 12.6 Å². The first-order chi connectivity index (χ1) is 9.47. The lowest BCUT2D eigenvalue weighted by molar-refractivity contribution is 0.582. The molecule has 3 heteroatoms. The van der Waals surface area contributed by atoms with E-state index >= 15 is 0 Å². The van der Waals surface area contributed by atoms with Crippen molar-refractivity contribution in [3.05, 3.63) is 59.2 Å². The van der Waals surface area contributed by atoms with E-state index in [9.17, 15) is 8.78 Å². The second-order valence-electron chi connectivity index (χ2n) is 5.30. The first-order valence-electron chi connectivity index (χ1n) is 6.75. The predicted molar refractivity (Wildman–Crippen MR) is 78.5 cm³/mol. The van der Waals surface area contributed by atoms with Crippen molar-refractivity contribution in [3.8, 4) is 11.1 Å². The third-order valence-electron chi connectivity index (χ3n) is 3.26. The van der Waals surface area contributed by atoms with Gasteiger partial charge >= 0.3 is 0 Å². The van der Waals surface area contributed by atoms with E-state index in [1.807, 2.05) is 20.8 Å². The summed E-state index contributed by atoms with van der Waals surface area (Å²) in [5, 5.41) is 3.27. The maximum atomic E-state index is 13.5. The zero-order valence-corrected chi connectivity index (χ0v) is 12.0. The standard InChI is InChI=1S/C17H19F2N/c1-11(2)20-10-13-8-14(18)6-7-16(13)17-9-15(19)5-4-12(17)3/h4-9,11,20H,10H2,1-3H3. The number of hydrogen-bond donors (Lipinski definition) is 1. The van der Waals surface area contributed by atoms with Crippen LogP contribution in [0.3, 0.4) is 0 Å². The first-order valence-corrected chi connectivity index (χ1v) is 6.75. The largest absolute Gasteiger partial charge is 0.310 e. The molecule has 2 aromatic carbocycles. The van der Waals surface area contributed by atoms with Crippen LogP contribution in [-0.4, -0.2) is 6.04 Å². The molecule has 0 saturated heterocycles. The van der Waals surface area contributed by atoms with Crippen molar-refractivity contribution >= 4 is 0 Å². The Labute approximate surface area is 118 Å². The van der Waals surface area contributed by atoms with Gasteiger partial charge in [0.15, 0.2) is 0 Å². The summed E-state index contributed by atoms with van der Waals surface area (Å²) in [4.78, 5) is 0.